The summed E-state index contributed by atoms with van der Waals surface area (Å²) in [7, 11) is 1.65. The van der Waals surface area contributed by atoms with E-state index < -0.39 is 0 Å². The molecule has 4 nitrogen and oxygen atoms in total. The molecular weight excluding hydrogens is 398 g/mol. The van der Waals surface area contributed by atoms with Crippen molar-refractivity contribution in [3.05, 3.63) is 59.7 Å². The quantitative estimate of drug-likeness (QED) is 0.435. The van der Waals surface area contributed by atoms with Crippen molar-refractivity contribution in [2.45, 2.75) is 71.9 Å². The van der Waals surface area contributed by atoms with Crippen molar-refractivity contribution in [1.29, 1.82) is 0 Å². The van der Waals surface area contributed by atoms with Gasteiger partial charge in [0.15, 0.2) is 11.5 Å². The van der Waals surface area contributed by atoms with Crippen LogP contribution in [-0.4, -0.2) is 13.0 Å². The zero-order chi connectivity index (χ0) is 22.8. The second-order valence-corrected chi connectivity index (χ2v) is 9.52. The van der Waals surface area contributed by atoms with E-state index in [1.165, 1.54) is 32.1 Å². The van der Waals surface area contributed by atoms with E-state index in [9.17, 15) is 4.79 Å². The third-order valence-electron chi connectivity index (χ3n) is 6.54. The number of carbonyl (C=O) groups excluding carboxylic acids is 1. The van der Waals surface area contributed by atoms with Crippen LogP contribution in [0.4, 0.5) is 0 Å². The van der Waals surface area contributed by atoms with E-state index in [4.69, 9.17) is 9.47 Å². The van der Waals surface area contributed by atoms with E-state index in [0.29, 0.717) is 24.7 Å². The minimum Gasteiger partial charge on any atom is -0.493 e. The van der Waals surface area contributed by atoms with Crippen LogP contribution in [-0.2, 0) is 17.9 Å². The normalized spacial score (nSPS) is 18.4. The highest BCUT2D eigenvalue weighted by Gasteiger charge is 2.26. The SMILES string of the molecule is COc1cc(CNC(=O)C2CCC(CCCC(C)C)CC2)ccc1OCc1ccccc1. The van der Waals surface area contributed by atoms with E-state index in [2.05, 4.69) is 19.2 Å². The van der Waals surface area contributed by atoms with Crippen LogP contribution in [0.3, 0.4) is 0 Å². The summed E-state index contributed by atoms with van der Waals surface area (Å²) in [6.45, 7) is 5.60. The fourth-order valence-corrected chi connectivity index (χ4v) is 4.54. The fourth-order valence-electron chi connectivity index (χ4n) is 4.54. The number of methoxy groups -OCH3 is 1. The third-order valence-corrected chi connectivity index (χ3v) is 6.54. The summed E-state index contributed by atoms with van der Waals surface area (Å²) in [6, 6.07) is 15.9. The zero-order valence-corrected chi connectivity index (χ0v) is 19.9. The molecule has 0 atom stereocenters. The lowest BCUT2D eigenvalue weighted by molar-refractivity contribution is -0.126. The van der Waals surface area contributed by atoms with Crippen LogP contribution in [0.2, 0.25) is 0 Å². The van der Waals surface area contributed by atoms with Gasteiger partial charge in [0.2, 0.25) is 5.91 Å². The Bertz CT molecular complexity index is 826. The Morgan fingerprint density at radius 1 is 1.00 bits per heavy atom. The van der Waals surface area contributed by atoms with Gasteiger partial charge in [-0.15, -0.1) is 0 Å². The molecule has 2 aromatic rings. The molecule has 2 aromatic carbocycles. The van der Waals surface area contributed by atoms with Gasteiger partial charge in [0.1, 0.15) is 6.61 Å². The molecule has 1 aliphatic carbocycles. The molecule has 1 N–H and O–H groups in total. The fraction of sp³-hybridized carbons (Fsp3) is 0.536. The summed E-state index contributed by atoms with van der Waals surface area (Å²) in [5.41, 5.74) is 2.13. The monoisotopic (exact) mass is 437 g/mol. The van der Waals surface area contributed by atoms with Crippen molar-refractivity contribution in [2.24, 2.45) is 17.8 Å². The molecule has 1 aliphatic rings. The summed E-state index contributed by atoms with van der Waals surface area (Å²) in [4.78, 5) is 12.7. The Morgan fingerprint density at radius 3 is 2.44 bits per heavy atom. The predicted octanol–water partition coefficient (Wildman–Crippen LogP) is 6.52. The molecule has 0 heterocycles. The Kier molecular flexibility index (Phi) is 9.45. The maximum absolute atomic E-state index is 12.7. The lowest BCUT2D eigenvalue weighted by Gasteiger charge is -2.28. The van der Waals surface area contributed by atoms with E-state index in [1.807, 2.05) is 48.5 Å². The van der Waals surface area contributed by atoms with Crippen molar-refractivity contribution in [2.75, 3.05) is 7.11 Å². The van der Waals surface area contributed by atoms with E-state index in [-0.39, 0.29) is 11.8 Å². The van der Waals surface area contributed by atoms with Gasteiger partial charge in [0.05, 0.1) is 7.11 Å². The third kappa shape index (κ3) is 7.58. The number of benzene rings is 2. The number of ether oxygens (including phenoxy) is 2. The van der Waals surface area contributed by atoms with Crippen molar-refractivity contribution in [3.8, 4) is 11.5 Å². The molecule has 0 bridgehead atoms. The number of rotatable bonds is 11. The summed E-state index contributed by atoms with van der Waals surface area (Å²) >= 11 is 0. The first-order valence-corrected chi connectivity index (χ1v) is 12.2. The van der Waals surface area contributed by atoms with Crippen LogP contribution >= 0.6 is 0 Å². The second kappa shape index (κ2) is 12.5. The summed E-state index contributed by atoms with van der Waals surface area (Å²) in [6.07, 6.45) is 8.40. The topological polar surface area (TPSA) is 47.6 Å². The molecule has 0 radical (unpaired) electrons. The van der Waals surface area contributed by atoms with Crippen molar-refractivity contribution in [1.82, 2.24) is 5.32 Å². The largest absolute Gasteiger partial charge is 0.493 e. The summed E-state index contributed by atoms with van der Waals surface area (Å²) < 4.78 is 11.4. The highest BCUT2D eigenvalue weighted by molar-refractivity contribution is 5.78. The van der Waals surface area contributed by atoms with Crippen LogP contribution in [0, 0.1) is 17.8 Å². The first kappa shape index (κ1) is 24.2. The maximum atomic E-state index is 12.7. The second-order valence-electron chi connectivity index (χ2n) is 9.52. The molecule has 4 heteroatoms. The first-order valence-electron chi connectivity index (χ1n) is 12.2. The van der Waals surface area contributed by atoms with Gasteiger partial charge in [-0.05, 0) is 60.8 Å². The van der Waals surface area contributed by atoms with Gasteiger partial charge in [0.25, 0.3) is 0 Å². The number of amides is 1. The predicted molar refractivity (Wildman–Crippen MR) is 130 cm³/mol. The molecule has 32 heavy (non-hydrogen) atoms. The van der Waals surface area contributed by atoms with Crippen molar-refractivity contribution in [3.63, 3.8) is 0 Å². The number of nitrogens with one attached hydrogen (secondary N) is 1. The minimum atomic E-state index is 0.159. The smallest absolute Gasteiger partial charge is 0.223 e. The Balaban J connectivity index is 1.43. The van der Waals surface area contributed by atoms with Crippen LogP contribution in [0.25, 0.3) is 0 Å². The van der Waals surface area contributed by atoms with E-state index in [1.54, 1.807) is 7.11 Å². The Hall–Kier alpha value is -2.49. The van der Waals surface area contributed by atoms with Crippen LogP contribution in [0.1, 0.15) is 69.9 Å². The molecule has 0 spiro atoms. The van der Waals surface area contributed by atoms with Gasteiger partial charge in [-0.2, -0.15) is 0 Å². The molecule has 0 unspecified atom stereocenters. The van der Waals surface area contributed by atoms with Crippen LogP contribution < -0.4 is 14.8 Å². The Morgan fingerprint density at radius 2 is 1.75 bits per heavy atom. The molecule has 1 saturated carbocycles. The Labute approximate surface area is 193 Å². The van der Waals surface area contributed by atoms with E-state index in [0.717, 1.165) is 35.8 Å². The van der Waals surface area contributed by atoms with Gasteiger partial charge < -0.3 is 14.8 Å². The van der Waals surface area contributed by atoms with E-state index >= 15 is 0 Å². The maximum Gasteiger partial charge on any atom is 0.223 e. The first-order chi connectivity index (χ1) is 15.5. The molecule has 0 aliphatic heterocycles. The average Bonchev–Trinajstić information content (AvgIpc) is 2.82. The summed E-state index contributed by atoms with van der Waals surface area (Å²) in [5, 5.41) is 3.13. The molecular formula is C28H39NO3. The van der Waals surface area contributed by atoms with Crippen molar-refractivity contribution >= 4 is 5.91 Å². The highest BCUT2D eigenvalue weighted by Crippen LogP contribution is 2.33. The van der Waals surface area contributed by atoms with Gasteiger partial charge in [-0.25, -0.2) is 0 Å². The number of carbonyl (C=O) groups is 1. The number of hydrogen-bond acceptors (Lipinski definition) is 3. The van der Waals surface area contributed by atoms with Gasteiger partial charge in [0, 0.05) is 12.5 Å². The molecule has 1 amide bonds. The van der Waals surface area contributed by atoms with Gasteiger partial charge >= 0.3 is 0 Å². The molecule has 0 saturated heterocycles. The number of hydrogen-bond donors (Lipinski definition) is 1. The van der Waals surface area contributed by atoms with Crippen LogP contribution in [0.5, 0.6) is 11.5 Å². The van der Waals surface area contributed by atoms with Crippen molar-refractivity contribution < 1.29 is 14.3 Å². The van der Waals surface area contributed by atoms with Gasteiger partial charge in [-0.1, -0.05) is 69.5 Å². The summed E-state index contributed by atoms with van der Waals surface area (Å²) in [5.74, 6) is 3.35. The highest BCUT2D eigenvalue weighted by atomic mass is 16.5. The van der Waals surface area contributed by atoms with Gasteiger partial charge in [-0.3, -0.25) is 4.79 Å². The molecule has 1 fully saturated rings. The lowest BCUT2D eigenvalue weighted by atomic mass is 9.79. The standard InChI is InChI=1S/C28H39NO3/c1-21(2)8-7-11-22-12-15-25(16-13-22)28(30)29-19-24-14-17-26(27(18-24)31-3)32-20-23-9-5-4-6-10-23/h4-6,9-10,14,17-18,21-22,25H,7-8,11-13,15-16,19-20H2,1-3H3,(H,29,30). The minimum absolute atomic E-state index is 0.159. The average molecular weight is 438 g/mol. The molecule has 0 aromatic heterocycles. The molecule has 3 rings (SSSR count). The molecule has 174 valence electrons. The zero-order valence-electron chi connectivity index (χ0n) is 19.9. The van der Waals surface area contributed by atoms with Crippen LogP contribution in [0.15, 0.2) is 48.5 Å². The lowest BCUT2D eigenvalue weighted by Crippen LogP contribution is -2.32.